The molecule has 0 spiro atoms. The van der Waals surface area contributed by atoms with E-state index in [1.165, 1.54) is 0 Å². The summed E-state index contributed by atoms with van der Waals surface area (Å²) in [6.45, 7) is 1.99. The molecule has 2 heterocycles. The molecule has 6 heteroatoms. The largest absolute Gasteiger partial charge is 0.307 e. The molecule has 3 rings (SSSR count). The lowest BCUT2D eigenvalue weighted by atomic mass is 10.0. The lowest BCUT2D eigenvalue weighted by molar-refractivity contribution is 1.16. The molecule has 0 bridgehead atoms. The summed E-state index contributed by atoms with van der Waals surface area (Å²) < 4.78 is 0. The second-order valence-electron chi connectivity index (χ2n) is 4.05. The van der Waals surface area contributed by atoms with Crippen molar-refractivity contribution in [3.63, 3.8) is 0 Å². The molecule has 0 unspecified atom stereocenters. The summed E-state index contributed by atoms with van der Waals surface area (Å²) in [6, 6.07) is 5.82. The number of H-pyrrole nitrogens is 1. The van der Waals surface area contributed by atoms with Gasteiger partial charge in [0, 0.05) is 11.1 Å². The number of rotatable bonds is 1. The van der Waals surface area contributed by atoms with Crippen molar-refractivity contribution >= 4 is 35.5 Å². The van der Waals surface area contributed by atoms with Gasteiger partial charge in [0.1, 0.15) is 0 Å². The van der Waals surface area contributed by atoms with Crippen LogP contribution in [0.4, 0.5) is 0 Å². The van der Waals surface area contributed by atoms with Crippen LogP contribution in [0.25, 0.3) is 0 Å². The summed E-state index contributed by atoms with van der Waals surface area (Å²) in [5.74, 6) is 0.230. The summed E-state index contributed by atoms with van der Waals surface area (Å²) in [4.78, 5) is 18.7. The average molecular weight is 275 g/mol. The number of thiol groups is 1. The van der Waals surface area contributed by atoms with Crippen LogP contribution in [0.1, 0.15) is 21.6 Å². The Bertz CT molecular complexity index is 755. The highest BCUT2D eigenvalue weighted by Gasteiger charge is 2.24. The van der Waals surface area contributed by atoms with Crippen LogP contribution in [-0.4, -0.2) is 16.5 Å². The number of nitrogens with zero attached hydrogens (tertiary/aromatic N) is 1. The molecule has 4 nitrogen and oxygen atoms in total. The van der Waals surface area contributed by atoms with E-state index in [4.69, 9.17) is 5.41 Å². The van der Waals surface area contributed by atoms with Crippen molar-refractivity contribution in [2.45, 2.75) is 11.9 Å². The maximum Gasteiger partial charge on any atom is 0.305 e. The summed E-state index contributed by atoms with van der Waals surface area (Å²) in [5.41, 5.74) is 3.45. The highest BCUT2D eigenvalue weighted by atomic mass is 32.1. The fourth-order valence-corrected chi connectivity index (χ4v) is 3.10. The van der Waals surface area contributed by atoms with Crippen LogP contribution in [0.5, 0.6) is 0 Å². The van der Waals surface area contributed by atoms with Gasteiger partial charge in [0.15, 0.2) is 5.84 Å². The second-order valence-corrected chi connectivity index (χ2v) is 5.48. The van der Waals surface area contributed by atoms with E-state index in [1.807, 2.05) is 25.1 Å². The first-order valence-electron chi connectivity index (χ1n) is 5.27. The number of aliphatic imine (C=N–C) groups is 1. The third kappa shape index (κ3) is 1.65. The number of aryl methyl sites for hydroxylation is 1. The van der Waals surface area contributed by atoms with E-state index in [2.05, 4.69) is 22.6 Å². The number of aromatic amines is 1. The molecule has 0 saturated carbocycles. The van der Waals surface area contributed by atoms with Crippen LogP contribution in [0.2, 0.25) is 0 Å². The number of fused-ring (bicyclic) bond motifs is 1. The predicted molar refractivity (Wildman–Crippen MR) is 75.8 cm³/mol. The maximum atomic E-state index is 11.3. The van der Waals surface area contributed by atoms with E-state index in [0.717, 1.165) is 28.0 Å². The van der Waals surface area contributed by atoms with Crippen LogP contribution >= 0.6 is 24.0 Å². The molecule has 0 radical (unpaired) electrons. The van der Waals surface area contributed by atoms with Gasteiger partial charge < -0.3 is 4.98 Å². The van der Waals surface area contributed by atoms with Crippen molar-refractivity contribution in [1.29, 1.82) is 5.41 Å². The van der Waals surface area contributed by atoms with Gasteiger partial charge in [-0.1, -0.05) is 29.0 Å². The molecule has 0 saturated heterocycles. The van der Waals surface area contributed by atoms with Gasteiger partial charge in [-0.3, -0.25) is 10.2 Å². The molecule has 2 aromatic rings. The van der Waals surface area contributed by atoms with Gasteiger partial charge in [-0.05, 0) is 13.0 Å². The Kier molecular flexibility index (Phi) is 2.49. The highest BCUT2D eigenvalue weighted by Crippen LogP contribution is 2.27. The van der Waals surface area contributed by atoms with E-state index in [1.54, 1.807) is 0 Å². The Balaban J connectivity index is 2.25. The molecular weight excluding hydrogens is 266 g/mol. The topological polar surface area (TPSA) is 69.1 Å². The molecule has 1 aliphatic heterocycles. The van der Waals surface area contributed by atoms with Crippen LogP contribution in [0.15, 0.2) is 33.0 Å². The van der Waals surface area contributed by atoms with Crippen molar-refractivity contribution in [2.75, 3.05) is 0 Å². The van der Waals surface area contributed by atoms with Crippen molar-refractivity contribution in [3.05, 3.63) is 49.4 Å². The number of hydrogen-bond acceptors (Lipinski definition) is 4. The first-order chi connectivity index (χ1) is 8.56. The number of amidine groups is 1. The Hall–Kier alpha value is -1.66. The quantitative estimate of drug-likeness (QED) is 0.686. The number of benzene rings is 1. The molecule has 0 aliphatic carbocycles. The fourth-order valence-electron chi connectivity index (χ4n) is 1.95. The highest BCUT2D eigenvalue weighted by molar-refractivity contribution is 7.80. The lowest BCUT2D eigenvalue weighted by Gasteiger charge is -2.02. The Morgan fingerprint density at radius 3 is 2.83 bits per heavy atom. The van der Waals surface area contributed by atoms with Crippen molar-refractivity contribution in [3.8, 4) is 0 Å². The van der Waals surface area contributed by atoms with Gasteiger partial charge in [0.2, 0.25) is 0 Å². The molecule has 18 heavy (non-hydrogen) atoms. The summed E-state index contributed by atoms with van der Waals surface area (Å²) in [6.07, 6.45) is 0. The first-order valence-corrected chi connectivity index (χ1v) is 6.53. The van der Waals surface area contributed by atoms with Gasteiger partial charge in [-0.15, -0.1) is 12.6 Å². The van der Waals surface area contributed by atoms with Gasteiger partial charge in [0.05, 0.1) is 15.6 Å². The standard InChI is InChI=1S/C12H9N3OS2/c1-5-2-3-6-7(4-5)8(14-10(6)13)9-11(17)15-12(16)18-9/h2-4,13,17H,1H3,(H,15,16). The second kappa shape index (κ2) is 3.93. The fraction of sp³-hybridized carbons (Fsp3) is 0.0833. The minimum absolute atomic E-state index is 0.162. The van der Waals surface area contributed by atoms with E-state index in [9.17, 15) is 4.79 Å². The van der Waals surface area contributed by atoms with Gasteiger partial charge in [-0.25, -0.2) is 4.99 Å². The molecule has 0 fully saturated rings. The van der Waals surface area contributed by atoms with Crippen molar-refractivity contribution in [1.82, 2.24) is 4.98 Å². The SMILES string of the molecule is Cc1ccc2c(c1)C(c1sc(=O)[nH]c1S)=NC2=N. The van der Waals surface area contributed by atoms with Crippen molar-refractivity contribution < 1.29 is 0 Å². The van der Waals surface area contributed by atoms with Crippen LogP contribution in [0.3, 0.4) is 0 Å². The van der Waals surface area contributed by atoms with Gasteiger partial charge >= 0.3 is 4.87 Å². The van der Waals surface area contributed by atoms with Crippen molar-refractivity contribution in [2.24, 2.45) is 4.99 Å². The summed E-state index contributed by atoms with van der Waals surface area (Å²) >= 11 is 5.31. The molecular formula is C12H9N3OS2. The maximum absolute atomic E-state index is 11.3. The van der Waals surface area contributed by atoms with E-state index in [-0.39, 0.29) is 10.7 Å². The normalized spacial score (nSPS) is 13.7. The van der Waals surface area contributed by atoms with E-state index in [0.29, 0.717) is 15.6 Å². The van der Waals surface area contributed by atoms with Gasteiger partial charge in [0.25, 0.3) is 0 Å². The molecule has 1 aromatic heterocycles. The smallest absolute Gasteiger partial charge is 0.305 e. The zero-order valence-corrected chi connectivity index (χ0v) is 11.2. The molecule has 90 valence electrons. The van der Waals surface area contributed by atoms with Crippen LogP contribution < -0.4 is 4.87 Å². The van der Waals surface area contributed by atoms with E-state index >= 15 is 0 Å². The third-order valence-corrected chi connectivity index (χ3v) is 4.13. The number of hydrogen-bond donors (Lipinski definition) is 3. The number of aromatic nitrogens is 1. The molecule has 0 atom stereocenters. The first kappa shape index (κ1) is 11.4. The monoisotopic (exact) mass is 275 g/mol. The Morgan fingerprint density at radius 2 is 2.17 bits per heavy atom. The summed E-state index contributed by atoms with van der Waals surface area (Å²) in [7, 11) is 0. The predicted octanol–water partition coefficient (Wildman–Crippen LogP) is 2.21. The minimum atomic E-state index is -0.162. The lowest BCUT2D eigenvalue weighted by Crippen LogP contribution is -2.00. The molecule has 1 aromatic carbocycles. The Morgan fingerprint density at radius 1 is 1.39 bits per heavy atom. The van der Waals surface area contributed by atoms with Gasteiger partial charge in [-0.2, -0.15) is 0 Å². The minimum Gasteiger partial charge on any atom is -0.307 e. The molecule has 2 N–H and O–H groups in total. The number of nitrogens with one attached hydrogen (secondary N) is 2. The van der Waals surface area contributed by atoms with Crippen LogP contribution in [-0.2, 0) is 0 Å². The zero-order chi connectivity index (χ0) is 12.9. The zero-order valence-electron chi connectivity index (χ0n) is 9.44. The number of thiazole rings is 1. The van der Waals surface area contributed by atoms with E-state index < -0.39 is 0 Å². The molecule has 0 amide bonds. The molecule has 1 aliphatic rings. The Labute approximate surface area is 112 Å². The average Bonchev–Trinajstić information content (AvgIpc) is 2.79. The van der Waals surface area contributed by atoms with Crippen LogP contribution in [0, 0.1) is 12.3 Å². The summed E-state index contributed by atoms with van der Waals surface area (Å²) in [5, 5.41) is 8.37. The third-order valence-electron chi connectivity index (χ3n) is 2.75.